The minimum Gasteiger partial charge on any atom is -0.368 e. The normalized spacial score (nSPS) is 15.3. The Kier molecular flexibility index (Phi) is 7.46. The molecule has 2 aromatic carbocycles. The lowest BCUT2D eigenvalue weighted by Crippen LogP contribution is -2.44. The fourth-order valence-electron chi connectivity index (χ4n) is 3.80. The molecular formula is C24H34N4O3S. The van der Waals surface area contributed by atoms with Gasteiger partial charge >= 0.3 is 0 Å². The molecule has 0 unspecified atom stereocenters. The van der Waals surface area contributed by atoms with Gasteiger partial charge in [0.1, 0.15) is 0 Å². The summed E-state index contributed by atoms with van der Waals surface area (Å²) in [6, 6.07) is 8.80. The predicted molar refractivity (Wildman–Crippen MR) is 130 cm³/mol. The largest absolute Gasteiger partial charge is 0.368 e. The fraction of sp³-hybridized carbons (Fsp3) is 0.458. The fourth-order valence-corrected chi connectivity index (χ4v) is 5.16. The highest BCUT2D eigenvalue weighted by molar-refractivity contribution is 7.92. The number of sulfonamides is 1. The topological polar surface area (TPSA) is 90.5 Å². The van der Waals surface area contributed by atoms with Crippen LogP contribution in [0.5, 0.6) is 0 Å². The van der Waals surface area contributed by atoms with E-state index >= 15 is 0 Å². The Balaban J connectivity index is 1.97. The van der Waals surface area contributed by atoms with Gasteiger partial charge in [0, 0.05) is 43.6 Å². The number of benzene rings is 2. The van der Waals surface area contributed by atoms with E-state index in [0.717, 1.165) is 49.4 Å². The number of hydrogen-bond acceptors (Lipinski definition) is 5. The van der Waals surface area contributed by atoms with E-state index in [0.29, 0.717) is 16.8 Å². The van der Waals surface area contributed by atoms with Crippen LogP contribution in [-0.2, 0) is 10.0 Å². The van der Waals surface area contributed by atoms with Crippen molar-refractivity contribution >= 4 is 27.3 Å². The third-order valence-corrected chi connectivity index (χ3v) is 7.55. The molecule has 8 heteroatoms. The standard InChI is InChI=1S/C24H34N4O3S/c1-6-19(5)26-24(29)21-15-20(7-8-22(21)28-11-9-25-10-12-28)27-32(30,31)23-14-17(3)16(2)13-18(23)4/h7-8,13-15,19,25,27H,6,9-12H2,1-5H3,(H,26,29)/t19-/m1/s1. The zero-order valence-electron chi connectivity index (χ0n) is 19.6. The molecular weight excluding hydrogens is 424 g/mol. The van der Waals surface area contributed by atoms with Gasteiger partial charge < -0.3 is 15.5 Å². The first-order valence-corrected chi connectivity index (χ1v) is 12.6. The van der Waals surface area contributed by atoms with Crippen LogP contribution in [0.1, 0.15) is 47.3 Å². The molecule has 0 aromatic heterocycles. The first-order chi connectivity index (χ1) is 15.1. The molecule has 0 saturated carbocycles. The van der Waals surface area contributed by atoms with Crippen molar-refractivity contribution in [1.82, 2.24) is 10.6 Å². The maximum Gasteiger partial charge on any atom is 0.262 e. The Morgan fingerprint density at radius 2 is 1.72 bits per heavy atom. The van der Waals surface area contributed by atoms with Crippen molar-refractivity contribution in [2.45, 2.75) is 52.0 Å². The van der Waals surface area contributed by atoms with E-state index in [1.165, 1.54) is 0 Å². The molecule has 32 heavy (non-hydrogen) atoms. The average molecular weight is 459 g/mol. The van der Waals surface area contributed by atoms with Crippen LogP contribution in [-0.4, -0.2) is 46.5 Å². The first-order valence-electron chi connectivity index (χ1n) is 11.1. The molecule has 1 atom stereocenters. The minimum absolute atomic E-state index is 0.0249. The van der Waals surface area contributed by atoms with Crippen molar-refractivity contribution in [2.75, 3.05) is 35.8 Å². The van der Waals surface area contributed by atoms with Gasteiger partial charge in [-0.05, 0) is 75.1 Å². The summed E-state index contributed by atoms with van der Waals surface area (Å²) in [6.07, 6.45) is 0.813. The molecule has 1 saturated heterocycles. The van der Waals surface area contributed by atoms with Crippen LogP contribution in [0.2, 0.25) is 0 Å². The Labute approximate surface area is 191 Å². The number of carbonyl (C=O) groups excluding carboxylic acids is 1. The molecule has 1 aliphatic rings. The van der Waals surface area contributed by atoms with Gasteiger partial charge in [0.15, 0.2) is 0 Å². The second-order valence-electron chi connectivity index (χ2n) is 8.56. The Morgan fingerprint density at radius 1 is 1.06 bits per heavy atom. The van der Waals surface area contributed by atoms with Gasteiger partial charge in [0.25, 0.3) is 15.9 Å². The molecule has 1 amide bonds. The third-order valence-electron chi connectivity index (χ3n) is 6.02. The molecule has 7 nitrogen and oxygen atoms in total. The summed E-state index contributed by atoms with van der Waals surface area (Å²) >= 11 is 0. The molecule has 0 bridgehead atoms. The van der Waals surface area contributed by atoms with Gasteiger partial charge in [0.05, 0.1) is 10.5 Å². The highest BCUT2D eigenvalue weighted by Crippen LogP contribution is 2.28. The van der Waals surface area contributed by atoms with Crippen molar-refractivity contribution in [3.8, 4) is 0 Å². The van der Waals surface area contributed by atoms with Crippen LogP contribution < -0.4 is 20.3 Å². The summed E-state index contributed by atoms with van der Waals surface area (Å²) in [4.78, 5) is 15.5. The van der Waals surface area contributed by atoms with E-state index in [1.807, 2.05) is 39.8 Å². The summed E-state index contributed by atoms with van der Waals surface area (Å²) < 4.78 is 29.0. The maximum absolute atomic E-state index is 13.1. The van der Waals surface area contributed by atoms with Crippen molar-refractivity contribution in [3.63, 3.8) is 0 Å². The Morgan fingerprint density at radius 3 is 2.38 bits per heavy atom. The summed E-state index contributed by atoms with van der Waals surface area (Å²) in [5.74, 6) is -0.198. The van der Waals surface area contributed by atoms with E-state index in [9.17, 15) is 13.2 Å². The van der Waals surface area contributed by atoms with Crippen LogP contribution in [0, 0.1) is 20.8 Å². The number of rotatable bonds is 7. The monoisotopic (exact) mass is 458 g/mol. The lowest BCUT2D eigenvalue weighted by molar-refractivity contribution is 0.0939. The second kappa shape index (κ2) is 9.92. The molecule has 0 spiro atoms. The molecule has 1 heterocycles. The number of amides is 1. The van der Waals surface area contributed by atoms with Gasteiger partial charge in [-0.1, -0.05) is 13.0 Å². The predicted octanol–water partition coefficient (Wildman–Crippen LogP) is 3.35. The number of piperazine rings is 1. The molecule has 174 valence electrons. The third kappa shape index (κ3) is 5.42. The quantitative estimate of drug-likeness (QED) is 0.592. The number of hydrogen-bond donors (Lipinski definition) is 3. The smallest absolute Gasteiger partial charge is 0.262 e. The second-order valence-corrected chi connectivity index (χ2v) is 10.2. The molecule has 2 aromatic rings. The van der Waals surface area contributed by atoms with E-state index < -0.39 is 10.0 Å². The molecule has 1 fully saturated rings. The van der Waals surface area contributed by atoms with E-state index in [4.69, 9.17) is 0 Å². The summed E-state index contributed by atoms with van der Waals surface area (Å²) in [7, 11) is -3.80. The summed E-state index contributed by atoms with van der Waals surface area (Å²) in [5, 5.41) is 6.33. The molecule has 0 aliphatic carbocycles. The van der Waals surface area contributed by atoms with E-state index in [2.05, 4.69) is 20.3 Å². The number of aryl methyl sites for hydroxylation is 3. The van der Waals surface area contributed by atoms with Crippen molar-refractivity contribution in [3.05, 3.63) is 52.6 Å². The average Bonchev–Trinajstić information content (AvgIpc) is 2.76. The number of nitrogens with one attached hydrogen (secondary N) is 3. The Bertz CT molecular complexity index is 1090. The maximum atomic E-state index is 13.1. The molecule has 0 radical (unpaired) electrons. The van der Waals surface area contributed by atoms with Crippen molar-refractivity contribution in [2.24, 2.45) is 0 Å². The molecule has 3 N–H and O–H groups in total. The number of anilines is 2. The highest BCUT2D eigenvalue weighted by Gasteiger charge is 2.23. The van der Waals surface area contributed by atoms with Crippen LogP contribution >= 0.6 is 0 Å². The summed E-state index contributed by atoms with van der Waals surface area (Å²) in [5.41, 5.74) is 4.31. The van der Waals surface area contributed by atoms with Gasteiger partial charge in [-0.2, -0.15) is 0 Å². The lowest BCUT2D eigenvalue weighted by Gasteiger charge is -2.31. The van der Waals surface area contributed by atoms with Crippen molar-refractivity contribution in [1.29, 1.82) is 0 Å². The van der Waals surface area contributed by atoms with Gasteiger partial charge in [-0.3, -0.25) is 9.52 Å². The number of carbonyl (C=O) groups is 1. The van der Waals surface area contributed by atoms with Gasteiger partial charge in [-0.15, -0.1) is 0 Å². The Hall–Kier alpha value is -2.58. The molecule has 1 aliphatic heterocycles. The minimum atomic E-state index is -3.80. The van der Waals surface area contributed by atoms with Crippen LogP contribution in [0.15, 0.2) is 35.2 Å². The zero-order valence-corrected chi connectivity index (χ0v) is 20.4. The first kappa shape index (κ1) is 24.1. The van der Waals surface area contributed by atoms with Crippen LogP contribution in [0.25, 0.3) is 0 Å². The SMILES string of the molecule is CC[C@@H](C)NC(=O)c1cc(NS(=O)(=O)c2cc(C)c(C)cc2C)ccc1N1CCNCC1. The van der Waals surface area contributed by atoms with Crippen molar-refractivity contribution < 1.29 is 13.2 Å². The van der Waals surface area contributed by atoms with Crippen LogP contribution in [0.4, 0.5) is 11.4 Å². The van der Waals surface area contributed by atoms with Gasteiger partial charge in [-0.25, -0.2) is 8.42 Å². The highest BCUT2D eigenvalue weighted by atomic mass is 32.2. The van der Waals surface area contributed by atoms with Crippen LogP contribution in [0.3, 0.4) is 0 Å². The molecule has 3 rings (SSSR count). The lowest BCUT2D eigenvalue weighted by atomic mass is 10.1. The van der Waals surface area contributed by atoms with E-state index in [1.54, 1.807) is 25.1 Å². The zero-order chi connectivity index (χ0) is 23.5. The van der Waals surface area contributed by atoms with E-state index in [-0.39, 0.29) is 16.8 Å². The summed E-state index contributed by atoms with van der Waals surface area (Å²) in [6.45, 7) is 12.9. The number of nitrogens with zero attached hydrogens (tertiary/aromatic N) is 1. The van der Waals surface area contributed by atoms with Gasteiger partial charge in [0.2, 0.25) is 0 Å².